The van der Waals surface area contributed by atoms with Crippen LogP contribution in [0.4, 0.5) is 11.4 Å². The first-order valence-electron chi connectivity index (χ1n) is 9.16. The number of nitrogens with zero attached hydrogens (tertiary/aromatic N) is 1. The smallest absolute Gasteiger partial charge is 0.333 e. The summed E-state index contributed by atoms with van der Waals surface area (Å²) in [4.78, 5) is 51.3. The van der Waals surface area contributed by atoms with Gasteiger partial charge in [-0.3, -0.25) is 14.4 Å². The fraction of sp³-hybridized carbons (Fsp3) is 0.143. The van der Waals surface area contributed by atoms with Crippen LogP contribution in [-0.2, 0) is 4.79 Å². The Morgan fingerprint density at radius 2 is 1.70 bits per heavy atom. The average molecular weight is 408 g/mol. The summed E-state index contributed by atoms with van der Waals surface area (Å²) in [6.45, 7) is 3.70. The standard InChI is InChI=1S/C21H20N4O5/c1-3-30-17-9-7-16(8-10-17)25-20(28)18(12-22-21(25)29)19(27)24-15-6-4-5-14(11-15)23-13(2)26/h4-12H,3H2,1-2H3,(H,22,29)(H,23,26)(H,24,27). The zero-order valence-corrected chi connectivity index (χ0v) is 16.4. The first kappa shape index (κ1) is 20.6. The molecular formula is C21H20N4O5. The number of H-pyrrole nitrogens is 1. The zero-order chi connectivity index (χ0) is 21.7. The van der Waals surface area contributed by atoms with E-state index >= 15 is 0 Å². The lowest BCUT2D eigenvalue weighted by Gasteiger charge is -2.10. The second kappa shape index (κ2) is 8.91. The summed E-state index contributed by atoms with van der Waals surface area (Å²) in [5, 5.41) is 5.20. The summed E-state index contributed by atoms with van der Waals surface area (Å²) >= 11 is 0. The van der Waals surface area contributed by atoms with Crippen molar-refractivity contribution in [3.8, 4) is 11.4 Å². The van der Waals surface area contributed by atoms with E-state index in [1.165, 1.54) is 6.92 Å². The van der Waals surface area contributed by atoms with Gasteiger partial charge in [0.25, 0.3) is 11.5 Å². The van der Waals surface area contributed by atoms with Gasteiger partial charge in [0.2, 0.25) is 5.91 Å². The Labute approximate surface area is 171 Å². The van der Waals surface area contributed by atoms with Crippen molar-refractivity contribution in [3.05, 3.63) is 81.1 Å². The van der Waals surface area contributed by atoms with Crippen molar-refractivity contribution < 1.29 is 14.3 Å². The molecule has 0 aliphatic heterocycles. The van der Waals surface area contributed by atoms with Crippen molar-refractivity contribution in [2.45, 2.75) is 13.8 Å². The maximum atomic E-state index is 12.8. The normalized spacial score (nSPS) is 10.3. The highest BCUT2D eigenvalue weighted by Gasteiger charge is 2.16. The van der Waals surface area contributed by atoms with Crippen molar-refractivity contribution in [2.24, 2.45) is 0 Å². The van der Waals surface area contributed by atoms with Crippen LogP contribution in [0.3, 0.4) is 0 Å². The van der Waals surface area contributed by atoms with Crippen LogP contribution in [-0.4, -0.2) is 28.0 Å². The molecule has 0 saturated heterocycles. The van der Waals surface area contributed by atoms with E-state index in [0.29, 0.717) is 29.4 Å². The predicted octanol–water partition coefficient (Wildman–Crippen LogP) is 2.14. The number of carbonyl (C=O) groups is 2. The molecule has 30 heavy (non-hydrogen) atoms. The maximum absolute atomic E-state index is 12.8. The molecule has 0 bridgehead atoms. The van der Waals surface area contributed by atoms with Gasteiger partial charge in [0.1, 0.15) is 11.3 Å². The summed E-state index contributed by atoms with van der Waals surface area (Å²) < 4.78 is 6.23. The Bertz CT molecular complexity index is 1200. The van der Waals surface area contributed by atoms with Crippen molar-refractivity contribution in [2.75, 3.05) is 17.2 Å². The Morgan fingerprint density at radius 3 is 2.33 bits per heavy atom. The van der Waals surface area contributed by atoms with Gasteiger partial charge < -0.3 is 20.4 Å². The highest BCUT2D eigenvalue weighted by atomic mass is 16.5. The number of aromatic amines is 1. The van der Waals surface area contributed by atoms with Crippen LogP contribution in [0, 0.1) is 0 Å². The molecule has 2 aromatic carbocycles. The number of ether oxygens (including phenoxy) is 1. The van der Waals surface area contributed by atoms with E-state index in [2.05, 4.69) is 15.6 Å². The Balaban J connectivity index is 1.91. The molecular weight excluding hydrogens is 388 g/mol. The number of anilines is 2. The molecule has 2 amide bonds. The summed E-state index contributed by atoms with van der Waals surface area (Å²) in [6, 6.07) is 12.8. The number of benzene rings is 2. The Hall–Kier alpha value is -4.14. The quantitative estimate of drug-likeness (QED) is 0.577. The molecule has 0 radical (unpaired) electrons. The summed E-state index contributed by atoms with van der Waals surface area (Å²) in [7, 11) is 0. The van der Waals surface area contributed by atoms with E-state index in [9.17, 15) is 19.2 Å². The van der Waals surface area contributed by atoms with E-state index < -0.39 is 17.2 Å². The number of aromatic nitrogens is 2. The number of hydrogen-bond donors (Lipinski definition) is 3. The number of carbonyl (C=O) groups excluding carboxylic acids is 2. The average Bonchev–Trinajstić information content (AvgIpc) is 2.69. The van der Waals surface area contributed by atoms with Crippen LogP contribution in [0.2, 0.25) is 0 Å². The lowest BCUT2D eigenvalue weighted by atomic mass is 10.2. The van der Waals surface area contributed by atoms with E-state index in [1.54, 1.807) is 48.5 Å². The minimum Gasteiger partial charge on any atom is -0.494 e. The second-order valence-corrected chi connectivity index (χ2v) is 6.29. The highest BCUT2D eigenvalue weighted by Crippen LogP contribution is 2.16. The van der Waals surface area contributed by atoms with Crippen LogP contribution in [0.15, 0.2) is 64.3 Å². The second-order valence-electron chi connectivity index (χ2n) is 6.29. The molecule has 3 aromatic rings. The minimum atomic E-state index is -0.765. The van der Waals surface area contributed by atoms with Gasteiger partial charge in [0.15, 0.2) is 0 Å². The zero-order valence-electron chi connectivity index (χ0n) is 16.4. The molecule has 0 atom stereocenters. The van der Waals surface area contributed by atoms with E-state index in [-0.39, 0.29) is 11.5 Å². The first-order chi connectivity index (χ1) is 14.4. The molecule has 0 fully saturated rings. The third kappa shape index (κ3) is 4.64. The SMILES string of the molecule is CCOc1ccc(-n2c(=O)[nH]cc(C(=O)Nc3cccc(NC(C)=O)c3)c2=O)cc1. The van der Waals surface area contributed by atoms with Gasteiger partial charge in [-0.2, -0.15) is 0 Å². The van der Waals surface area contributed by atoms with Crippen LogP contribution < -0.4 is 26.6 Å². The van der Waals surface area contributed by atoms with Gasteiger partial charge in [-0.05, 0) is 49.4 Å². The third-order valence-electron chi connectivity index (χ3n) is 4.07. The van der Waals surface area contributed by atoms with Crippen molar-refractivity contribution in [1.29, 1.82) is 0 Å². The Kier molecular flexibility index (Phi) is 6.11. The van der Waals surface area contributed by atoms with Gasteiger partial charge in [0.05, 0.1) is 12.3 Å². The lowest BCUT2D eigenvalue weighted by molar-refractivity contribution is -0.114. The number of nitrogens with one attached hydrogen (secondary N) is 3. The van der Waals surface area contributed by atoms with Crippen LogP contribution in [0.5, 0.6) is 5.75 Å². The topological polar surface area (TPSA) is 122 Å². The molecule has 1 aromatic heterocycles. The first-order valence-corrected chi connectivity index (χ1v) is 9.16. The van der Waals surface area contributed by atoms with Gasteiger partial charge in [-0.1, -0.05) is 6.07 Å². The molecule has 3 N–H and O–H groups in total. The van der Waals surface area contributed by atoms with Crippen LogP contribution in [0.25, 0.3) is 5.69 Å². The molecule has 3 rings (SSSR count). The number of rotatable bonds is 6. The molecule has 1 heterocycles. The summed E-state index contributed by atoms with van der Waals surface area (Å²) in [5.41, 5.74) is -0.509. The van der Waals surface area contributed by atoms with Gasteiger partial charge in [-0.15, -0.1) is 0 Å². The molecule has 154 valence electrons. The Morgan fingerprint density at radius 1 is 1.03 bits per heavy atom. The van der Waals surface area contributed by atoms with Crippen molar-refractivity contribution in [3.63, 3.8) is 0 Å². The van der Waals surface area contributed by atoms with Crippen molar-refractivity contribution >= 4 is 23.2 Å². The molecule has 0 unspecified atom stereocenters. The minimum absolute atomic E-state index is 0.242. The van der Waals surface area contributed by atoms with Crippen molar-refractivity contribution in [1.82, 2.24) is 9.55 Å². The van der Waals surface area contributed by atoms with E-state index in [1.807, 2.05) is 6.92 Å². The monoisotopic (exact) mass is 408 g/mol. The summed E-state index contributed by atoms with van der Waals surface area (Å²) in [6.07, 6.45) is 1.07. The predicted molar refractivity (Wildman–Crippen MR) is 113 cm³/mol. The van der Waals surface area contributed by atoms with Gasteiger partial charge >= 0.3 is 5.69 Å². The van der Waals surface area contributed by atoms with E-state index in [4.69, 9.17) is 4.74 Å². The highest BCUT2D eigenvalue weighted by molar-refractivity contribution is 6.04. The number of hydrogen-bond acceptors (Lipinski definition) is 5. The van der Waals surface area contributed by atoms with E-state index in [0.717, 1.165) is 10.8 Å². The molecule has 0 aliphatic carbocycles. The molecule has 0 saturated carbocycles. The maximum Gasteiger partial charge on any atom is 0.333 e. The van der Waals surface area contributed by atoms with Crippen LogP contribution in [0.1, 0.15) is 24.2 Å². The molecule has 0 aliphatic rings. The fourth-order valence-corrected chi connectivity index (χ4v) is 2.80. The molecule has 0 spiro atoms. The van der Waals surface area contributed by atoms with Gasteiger partial charge in [0, 0.05) is 24.5 Å². The molecule has 9 nitrogen and oxygen atoms in total. The summed E-state index contributed by atoms with van der Waals surface area (Å²) in [5.74, 6) is -0.355. The molecule has 9 heteroatoms. The van der Waals surface area contributed by atoms with Gasteiger partial charge in [-0.25, -0.2) is 9.36 Å². The third-order valence-corrected chi connectivity index (χ3v) is 4.07. The number of amides is 2. The lowest BCUT2D eigenvalue weighted by Crippen LogP contribution is -2.38. The fourth-order valence-electron chi connectivity index (χ4n) is 2.80. The largest absolute Gasteiger partial charge is 0.494 e. The van der Waals surface area contributed by atoms with Crippen LogP contribution >= 0.6 is 0 Å².